The van der Waals surface area contributed by atoms with Gasteiger partial charge in [-0.2, -0.15) is 0 Å². The number of fused-ring (bicyclic) bond motifs is 3. The summed E-state index contributed by atoms with van der Waals surface area (Å²) >= 11 is 1.39. The van der Waals surface area contributed by atoms with Gasteiger partial charge in [-0.15, -0.1) is 11.3 Å². The van der Waals surface area contributed by atoms with Gasteiger partial charge in [0, 0.05) is 29.5 Å². The van der Waals surface area contributed by atoms with Crippen LogP contribution in [0.1, 0.15) is 35.4 Å². The lowest BCUT2D eigenvalue weighted by atomic mass is 10.1. The summed E-state index contributed by atoms with van der Waals surface area (Å²) in [6, 6.07) is 19.5. The maximum absolute atomic E-state index is 13.0. The van der Waals surface area contributed by atoms with E-state index in [1.807, 2.05) is 23.6 Å². The molecule has 1 aliphatic heterocycles. The first-order valence-electron chi connectivity index (χ1n) is 11.5. The minimum atomic E-state index is -0.266. The van der Waals surface area contributed by atoms with Gasteiger partial charge in [-0.3, -0.25) is 19.5 Å². The summed E-state index contributed by atoms with van der Waals surface area (Å²) in [5.74, 6) is 0.547. The molecule has 0 atom stereocenters. The van der Waals surface area contributed by atoms with Gasteiger partial charge in [-0.25, -0.2) is 9.97 Å². The molecule has 3 heterocycles. The van der Waals surface area contributed by atoms with E-state index in [1.54, 1.807) is 22.8 Å². The highest BCUT2D eigenvalue weighted by molar-refractivity contribution is 7.14. The molecule has 3 aromatic carbocycles. The van der Waals surface area contributed by atoms with Crippen LogP contribution >= 0.6 is 11.3 Å². The van der Waals surface area contributed by atoms with Crippen molar-refractivity contribution in [3.8, 4) is 11.3 Å². The van der Waals surface area contributed by atoms with E-state index in [0.717, 1.165) is 48.2 Å². The highest BCUT2D eigenvalue weighted by Gasteiger charge is 2.16. The average molecular weight is 467 g/mol. The van der Waals surface area contributed by atoms with Crippen molar-refractivity contribution in [1.82, 2.24) is 14.5 Å². The molecule has 0 spiro atoms. The molecule has 5 aromatic rings. The molecule has 0 saturated carbocycles. The van der Waals surface area contributed by atoms with Gasteiger partial charge in [-0.05, 0) is 47.9 Å². The fourth-order valence-electron chi connectivity index (χ4n) is 4.54. The number of nitrogens with zero attached hydrogens (tertiary/aromatic N) is 3. The van der Waals surface area contributed by atoms with E-state index in [9.17, 15) is 9.59 Å². The molecule has 0 bridgehead atoms. The van der Waals surface area contributed by atoms with E-state index in [0.29, 0.717) is 28.1 Å². The number of rotatable bonds is 3. The predicted octanol–water partition coefficient (Wildman–Crippen LogP) is 5.65. The lowest BCUT2D eigenvalue weighted by Gasteiger charge is -2.10. The molecule has 1 amide bonds. The monoisotopic (exact) mass is 466 g/mol. The first-order chi connectivity index (χ1) is 16.7. The summed E-state index contributed by atoms with van der Waals surface area (Å²) in [6.45, 7) is 0.711. The Hall–Kier alpha value is -3.84. The van der Waals surface area contributed by atoms with Gasteiger partial charge >= 0.3 is 0 Å². The zero-order valence-corrected chi connectivity index (χ0v) is 19.3. The number of aryl methyl sites for hydroxylation is 1. The van der Waals surface area contributed by atoms with Crippen LogP contribution < -0.4 is 10.9 Å². The van der Waals surface area contributed by atoms with E-state index >= 15 is 0 Å². The van der Waals surface area contributed by atoms with E-state index in [2.05, 4.69) is 34.6 Å². The van der Waals surface area contributed by atoms with Gasteiger partial charge in [0.25, 0.3) is 11.5 Å². The average Bonchev–Trinajstić information content (AvgIpc) is 3.20. The molecule has 34 heavy (non-hydrogen) atoms. The van der Waals surface area contributed by atoms with Crippen LogP contribution in [0.2, 0.25) is 0 Å². The van der Waals surface area contributed by atoms with Crippen LogP contribution in [-0.2, 0) is 13.0 Å². The Morgan fingerprint density at radius 2 is 1.82 bits per heavy atom. The van der Waals surface area contributed by atoms with Crippen molar-refractivity contribution < 1.29 is 4.79 Å². The molecule has 1 N–H and O–H groups in total. The van der Waals surface area contributed by atoms with Gasteiger partial charge in [0.15, 0.2) is 5.13 Å². The Labute approximate surface area is 199 Å². The molecular formula is C27H22N4O2S. The van der Waals surface area contributed by atoms with Crippen LogP contribution in [-0.4, -0.2) is 20.4 Å². The molecule has 0 fully saturated rings. The molecule has 0 aliphatic carbocycles. The van der Waals surface area contributed by atoms with Crippen LogP contribution in [0.3, 0.4) is 0 Å². The quantitative estimate of drug-likeness (QED) is 0.373. The molecule has 0 radical (unpaired) electrons. The third-order valence-electron chi connectivity index (χ3n) is 6.35. The van der Waals surface area contributed by atoms with Crippen molar-refractivity contribution in [3.05, 3.63) is 87.8 Å². The van der Waals surface area contributed by atoms with Crippen LogP contribution in [0.4, 0.5) is 5.13 Å². The third kappa shape index (κ3) is 3.78. The Morgan fingerprint density at radius 3 is 2.74 bits per heavy atom. The lowest BCUT2D eigenvalue weighted by molar-refractivity contribution is 0.102. The number of carbonyl (C=O) groups is 1. The number of aromatic nitrogens is 3. The fraction of sp³-hybridized carbons (Fsp3) is 0.185. The van der Waals surface area contributed by atoms with Crippen molar-refractivity contribution in [1.29, 1.82) is 0 Å². The topological polar surface area (TPSA) is 76.9 Å². The van der Waals surface area contributed by atoms with Crippen molar-refractivity contribution in [2.45, 2.75) is 32.2 Å². The molecule has 2 aromatic heterocycles. The third-order valence-corrected chi connectivity index (χ3v) is 7.11. The standard InChI is InChI=1S/C27H22N4O2S/c32-25(20-11-12-21-22(15-20)28-24-8-2-1-5-13-31(24)26(21)33)30-27-29-23(16-34-27)19-10-9-17-6-3-4-7-18(17)14-19/h3-4,6-7,9-12,14-16H,1-2,5,8,13H2,(H,29,30,32). The molecule has 7 heteroatoms. The van der Waals surface area contributed by atoms with Crippen LogP contribution in [0.5, 0.6) is 0 Å². The highest BCUT2D eigenvalue weighted by Crippen LogP contribution is 2.28. The highest BCUT2D eigenvalue weighted by atomic mass is 32.1. The number of hydrogen-bond acceptors (Lipinski definition) is 5. The number of amides is 1. The molecule has 0 saturated heterocycles. The molecule has 6 nitrogen and oxygen atoms in total. The minimum Gasteiger partial charge on any atom is -0.298 e. The van der Waals surface area contributed by atoms with Gasteiger partial charge in [0.1, 0.15) is 5.82 Å². The second kappa shape index (κ2) is 8.50. The van der Waals surface area contributed by atoms with Crippen molar-refractivity contribution in [2.75, 3.05) is 5.32 Å². The number of carbonyl (C=O) groups excluding carboxylic acids is 1. The summed E-state index contributed by atoms with van der Waals surface area (Å²) in [6.07, 6.45) is 3.91. The molecular weight excluding hydrogens is 444 g/mol. The SMILES string of the molecule is O=C(Nc1nc(-c2ccc3ccccc3c2)cs1)c1ccc2c(=O)n3c(nc2c1)CCCCC3. The summed E-state index contributed by atoms with van der Waals surface area (Å²) in [4.78, 5) is 35.2. The van der Waals surface area contributed by atoms with Gasteiger partial charge < -0.3 is 0 Å². The van der Waals surface area contributed by atoms with E-state index in [1.165, 1.54) is 16.7 Å². The van der Waals surface area contributed by atoms with Gasteiger partial charge in [-0.1, -0.05) is 42.8 Å². The van der Waals surface area contributed by atoms with E-state index < -0.39 is 0 Å². The number of anilines is 1. The maximum Gasteiger partial charge on any atom is 0.261 e. The van der Waals surface area contributed by atoms with Crippen molar-refractivity contribution >= 4 is 44.1 Å². The number of nitrogens with one attached hydrogen (secondary N) is 1. The zero-order valence-electron chi connectivity index (χ0n) is 18.5. The summed E-state index contributed by atoms with van der Waals surface area (Å²) < 4.78 is 1.79. The summed E-state index contributed by atoms with van der Waals surface area (Å²) in [7, 11) is 0. The predicted molar refractivity (Wildman–Crippen MR) is 137 cm³/mol. The lowest BCUT2D eigenvalue weighted by Crippen LogP contribution is -2.24. The second-order valence-electron chi connectivity index (χ2n) is 8.58. The zero-order chi connectivity index (χ0) is 23.1. The second-order valence-corrected chi connectivity index (χ2v) is 9.44. The first-order valence-corrected chi connectivity index (χ1v) is 12.3. The maximum atomic E-state index is 13.0. The Bertz CT molecular complexity index is 1620. The number of hydrogen-bond donors (Lipinski definition) is 1. The molecule has 0 unspecified atom stereocenters. The van der Waals surface area contributed by atoms with Crippen molar-refractivity contribution in [2.24, 2.45) is 0 Å². The largest absolute Gasteiger partial charge is 0.298 e. The summed E-state index contributed by atoms with van der Waals surface area (Å²) in [5.41, 5.74) is 2.84. The Balaban J connectivity index is 1.27. The van der Waals surface area contributed by atoms with Crippen LogP contribution in [0.15, 0.2) is 70.8 Å². The normalized spacial score (nSPS) is 13.5. The number of benzene rings is 3. The molecule has 1 aliphatic rings. The Morgan fingerprint density at radius 1 is 0.941 bits per heavy atom. The fourth-order valence-corrected chi connectivity index (χ4v) is 5.26. The molecule has 168 valence electrons. The number of thiazole rings is 1. The van der Waals surface area contributed by atoms with E-state index in [-0.39, 0.29) is 11.5 Å². The van der Waals surface area contributed by atoms with Gasteiger partial charge in [0.05, 0.1) is 16.6 Å². The summed E-state index contributed by atoms with van der Waals surface area (Å²) in [5, 5.41) is 8.24. The van der Waals surface area contributed by atoms with Crippen molar-refractivity contribution in [3.63, 3.8) is 0 Å². The van der Waals surface area contributed by atoms with Crippen LogP contribution in [0.25, 0.3) is 32.9 Å². The first kappa shape index (κ1) is 20.7. The molecule has 6 rings (SSSR count). The minimum absolute atomic E-state index is 0.0196. The smallest absolute Gasteiger partial charge is 0.261 e. The Kier molecular flexibility index (Phi) is 5.19. The van der Waals surface area contributed by atoms with Crippen LogP contribution in [0, 0.1) is 0 Å². The van der Waals surface area contributed by atoms with E-state index in [4.69, 9.17) is 4.98 Å². The van der Waals surface area contributed by atoms with Gasteiger partial charge in [0.2, 0.25) is 0 Å².